The second-order valence-electron chi connectivity index (χ2n) is 6.88. The Hall–Kier alpha value is -2.34. The number of amides is 1. The maximum absolute atomic E-state index is 12.4. The molecule has 0 saturated carbocycles. The number of carbonyl (C=O) groups excluding carboxylic acids is 1. The van der Waals surface area contributed by atoms with Gasteiger partial charge in [-0.2, -0.15) is 0 Å². The summed E-state index contributed by atoms with van der Waals surface area (Å²) in [6, 6.07) is 19.4. The largest absolute Gasteiger partial charge is 0.368 e. The summed E-state index contributed by atoms with van der Waals surface area (Å²) in [7, 11) is -3.18. The monoisotopic (exact) mass is 386 g/mol. The first-order chi connectivity index (χ1) is 13.0. The zero-order chi connectivity index (χ0) is 19.1. The Morgan fingerprint density at radius 2 is 1.44 bits per heavy atom. The van der Waals surface area contributed by atoms with Crippen LogP contribution in [-0.2, 0) is 20.4 Å². The molecule has 0 aliphatic carbocycles. The number of benzene rings is 2. The van der Waals surface area contributed by atoms with Crippen LogP contribution in [-0.4, -0.2) is 51.2 Å². The van der Waals surface area contributed by atoms with Crippen LogP contribution >= 0.6 is 0 Å². The van der Waals surface area contributed by atoms with Gasteiger partial charge < -0.3 is 9.80 Å². The van der Waals surface area contributed by atoms with Crippen LogP contribution < -0.4 is 4.90 Å². The normalized spacial score (nSPS) is 15.0. The Labute approximate surface area is 161 Å². The van der Waals surface area contributed by atoms with Crippen LogP contribution in [0.5, 0.6) is 0 Å². The van der Waals surface area contributed by atoms with Gasteiger partial charge in [0.05, 0.1) is 11.5 Å². The van der Waals surface area contributed by atoms with Crippen molar-refractivity contribution in [1.82, 2.24) is 4.90 Å². The lowest BCUT2D eigenvalue weighted by molar-refractivity contribution is -0.131. The molecule has 1 saturated heterocycles. The van der Waals surface area contributed by atoms with Crippen molar-refractivity contribution in [3.63, 3.8) is 0 Å². The van der Waals surface area contributed by atoms with Gasteiger partial charge in [0.2, 0.25) is 5.91 Å². The van der Waals surface area contributed by atoms with E-state index in [9.17, 15) is 13.2 Å². The molecule has 0 radical (unpaired) electrons. The summed E-state index contributed by atoms with van der Waals surface area (Å²) >= 11 is 0. The van der Waals surface area contributed by atoms with Gasteiger partial charge in [-0.3, -0.25) is 4.79 Å². The van der Waals surface area contributed by atoms with E-state index in [4.69, 9.17) is 0 Å². The van der Waals surface area contributed by atoms with Gasteiger partial charge >= 0.3 is 0 Å². The molecule has 144 valence electrons. The quantitative estimate of drug-likeness (QED) is 0.734. The van der Waals surface area contributed by atoms with Gasteiger partial charge in [-0.15, -0.1) is 0 Å². The van der Waals surface area contributed by atoms with E-state index in [0.29, 0.717) is 25.9 Å². The molecule has 1 amide bonds. The summed E-state index contributed by atoms with van der Waals surface area (Å²) < 4.78 is 24.5. The summed E-state index contributed by atoms with van der Waals surface area (Å²) in [5.74, 6) is 0.146. The van der Waals surface area contributed by atoms with Crippen LogP contribution in [0.1, 0.15) is 18.4 Å². The highest BCUT2D eigenvalue weighted by Gasteiger charge is 2.21. The minimum atomic E-state index is -3.18. The van der Waals surface area contributed by atoms with Crippen molar-refractivity contribution in [3.05, 3.63) is 66.2 Å². The third-order valence-corrected chi connectivity index (χ3v) is 6.51. The van der Waals surface area contributed by atoms with Crippen LogP contribution in [0.15, 0.2) is 60.7 Å². The SMILES string of the molecule is O=C(CCCS(=O)(=O)Cc1ccccc1)N1CCN(c2ccccc2)CC1. The summed E-state index contributed by atoms with van der Waals surface area (Å²) in [6.45, 7) is 2.99. The lowest BCUT2D eigenvalue weighted by atomic mass is 10.2. The van der Waals surface area contributed by atoms with E-state index in [1.165, 1.54) is 5.69 Å². The fourth-order valence-corrected chi connectivity index (χ4v) is 4.78. The van der Waals surface area contributed by atoms with Crippen molar-refractivity contribution in [2.24, 2.45) is 0 Å². The number of sulfone groups is 1. The minimum Gasteiger partial charge on any atom is -0.368 e. The molecular weight excluding hydrogens is 360 g/mol. The van der Waals surface area contributed by atoms with E-state index in [1.807, 2.05) is 53.4 Å². The van der Waals surface area contributed by atoms with Crippen molar-refractivity contribution in [2.75, 3.05) is 36.8 Å². The molecular formula is C21H26N2O3S. The molecule has 1 heterocycles. The maximum Gasteiger partial charge on any atom is 0.222 e. The lowest BCUT2D eigenvalue weighted by Gasteiger charge is -2.36. The maximum atomic E-state index is 12.4. The van der Waals surface area contributed by atoms with E-state index in [0.717, 1.165) is 18.7 Å². The molecule has 0 aromatic heterocycles. The van der Waals surface area contributed by atoms with E-state index in [-0.39, 0.29) is 17.4 Å². The number of hydrogen-bond acceptors (Lipinski definition) is 4. The topological polar surface area (TPSA) is 57.7 Å². The van der Waals surface area contributed by atoms with Gasteiger partial charge in [-0.25, -0.2) is 8.42 Å². The van der Waals surface area contributed by atoms with Gasteiger partial charge in [0.1, 0.15) is 0 Å². The number of carbonyl (C=O) groups is 1. The van der Waals surface area contributed by atoms with Crippen molar-refractivity contribution in [3.8, 4) is 0 Å². The molecule has 0 spiro atoms. The molecule has 1 fully saturated rings. The second-order valence-corrected chi connectivity index (χ2v) is 9.07. The Morgan fingerprint density at radius 3 is 2.07 bits per heavy atom. The molecule has 0 N–H and O–H groups in total. The van der Waals surface area contributed by atoms with Gasteiger partial charge in [0.15, 0.2) is 9.84 Å². The molecule has 0 atom stereocenters. The zero-order valence-corrected chi connectivity index (χ0v) is 16.3. The third-order valence-electron chi connectivity index (χ3n) is 4.83. The molecule has 0 bridgehead atoms. The summed E-state index contributed by atoms with van der Waals surface area (Å²) in [4.78, 5) is 16.5. The number of piperazine rings is 1. The highest BCUT2D eigenvalue weighted by molar-refractivity contribution is 7.90. The first-order valence-electron chi connectivity index (χ1n) is 9.36. The molecule has 1 aliphatic heterocycles. The van der Waals surface area contributed by atoms with Crippen LogP contribution in [0.2, 0.25) is 0 Å². The first kappa shape index (κ1) is 19.4. The predicted molar refractivity (Wildman–Crippen MR) is 108 cm³/mol. The van der Waals surface area contributed by atoms with Crippen LogP contribution in [0.4, 0.5) is 5.69 Å². The van der Waals surface area contributed by atoms with E-state index in [1.54, 1.807) is 0 Å². The zero-order valence-electron chi connectivity index (χ0n) is 15.5. The van der Waals surface area contributed by atoms with Gasteiger partial charge in [0.25, 0.3) is 0 Å². The summed E-state index contributed by atoms with van der Waals surface area (Å²) in [5, 5.41) is 0. The Bertz CT molecular complexity index is 830. The van der Waals surface area contributed by atoms with Crippen molar-refractivity contribution in [2.45, 2.75) is 18.6 Å². The highest BCUT2D eigenvalue weighted by Crippen LogP contribution is 2.16. The average Bonchev–Trinajstić information content (AvgIpc) is 2.69. The number of nitrogens with zero attached hydrogens (tertiary/aromatic N) is 2. The smallest absolute Gasteiger partial charge is 0.222 e. The van der Waals surface area contributed by atoms with Crippen molar-refractivity contribution in [1.29, 1.82) is 0 Å². The number of rotatable bonds is 7. The predicted octanol–water partition coefficient (Wildman–Crippen LogP) is 2.73. The first-order valence-corrected chi connectivity index (χ1v) is 11.2. The van der Waals surface area contributed by atoms with Crippen molar-refractivity contribution < 1.29 is 13.2 Å². The third kappa shape index (κ3) is 5.82. The van der Waals surface area contributed by atoms with Gasteiger partial charge in [0, 0.05) is 38.3 Å². The van der Waals surface area contributed by atoms with Crippen molar-refractivity contribution >= 4 is 21.4 Å². The average molecular weight is 387 g/mol. The Morgan fingerprint density at radius 1 is 0.852 bits per heavy atom. The minimum absolute atomic E-state index is 0.0395. The van der Waals surface area contributed by atoms with Crippen LogP contribution in [0.25, 0.3) is 0 Å². The molecule has 1 aliphatic rings. The number of hydrogen-bond donors (Lipinski definition) is 0. The molecule has 2 aromatic rings. The van der Waals surface area contributed by atoms with E-state index >= 15 is 0 Å². The molecule has 6 heteroatoms. The van der Waals surface area contributed by atoms with E-state index < -0.39 is 9.84 Å². The Balaban J connectivity index is 1.41. The van der Waals surface area contributed by atoms with Crippen LogP contribution in [0, 0.1) is 0 Å². The number of para-hydroxylation sites is 1. The second kappa shape index (κ2) is 9.04. The fourth-order valence-electron chi connectivity index (χ4n) is 3.35. The van der Waals surface area contributed by atoms with Crippen LogP contribution in [0.3, 0.4) is 0 Å². The molecule has 5 nitrogen and oxygen atoms in total. The fraction of sp³-hybridized carbons (Fsp3) is 0.381. The number of anilines is 1. The molecule has 2 aromatic carbocycles. The molecule has 27 heavy (non-hydrogen) atoms. The molecule has 0 unspecified atom stereocenters. The van der Waals surface area contributed by atoms with Gasteiger partial charge in [-0.05, 0) is 24.1 Å². The van der Waals surface area contributed by atoms with Gasteiger partial charge in [-0.1, -0.05) is 48.5 Å². The summed E-state index contributed by atoms with van der Waals surface area (Å²) in [5.41, 5.74) is 1.97. The standard InChI is InChI=1S/C21H26N2O3S/c24-21(12-7-17-27(25,26)18-19-8-3-1-4-9-19)23-15-13-22(14-16-23)20-10-5-2-6-11-20/h1-6,8-11H,7,12-18H2. The highest BCUT2D eigenvalue weighted by atomic mass is 32.2. The van der Waals surface area contributed by atoms with E-state index in [2.05, 4.69) is 17.0 Å². The molecule has 3 rings (SSSR count). The lowest BCUT2D eigenvalue weighted by Crippen LogP contribution is -2.48. The summed E-state index contributed by atoms with van der Waals surface area (Å²) in [6.07, 6.45) is 0.673. The Kier molecular flexibility index (Phi) is 6.50.